The van der Waals surface area contributed by atoms with Crippen molar-refractivity contribution in [2.24, 2.45) is 0 Å². The first-order valence-corrected chi connectivity index (χ1v) is 9.44. The molecule has 0 aliphatic carbocycles. The fraction of sp³-hybridized carbons (Fsp3) is 0.571. The van der Waals surface area contributed by atoms with Gasteiger partial charge in [0.15, 0.2) is 0 Å². The van der Waals surface area contributed by atoms with Gasteiger partial charge in [0, 0.05) is 11.8 Å². The van der Waals surface area contributed by atoms with Crippen molar-refractivity contribution in [3.63, 3.8) is 0 Å². The summed E-state index contributed by atoms with van der Waals surface area (Å²) in [5.74, 6) is 1.12. The highest BCUT2D eigenvalue weighted by molar-refractivity contribution is 8.00. The Morgan fingerprint density at radius 3 is 2.85 bits per heavy atom. The van der Waals surface area contributed by atoms with Crippen molar-refractivity contribution in [1.29, 1.82) is 0 Å². The molecular formula is C14H21NO3S2. The molecule has 1 fully saturated rings. The van der Waals surface area contributed by atoms with Crippen LogP contribution < -0.4 is 4.72 Å². The van der Waals surface area contributed by atoms with Gasteiger partial charge >= 0.3 is 0 Å². The number of rotatable bonds is 6. The maximum absolute atomic E-state index is 12.4. The maximum Gasteiger partial charge on any atom is 0.240 e. The molecule has 4 nitrogen and oxygen atoms in total. The van der Waals surface area contributed by atoms with Gasteiger partial charge in [-0.15, -0.1) is 0 Å². The Balaban J connectivity index is 2.18. The molecule has 1 aliphatic rings. The molecule has 0 aromatic heterocycles. The molecule has 1 saturated heterocycles. The van der Waals surface area contributed by atoms with Crippen LogP contribution in [0.2, 0.25) is 0 Å². The Morgan fingerprint density at radius 2 is 2.25 bits per heavy atom. The zero-order chi connectivity index (χ0) is 14.6. The topological polar surface area (TPSA) is 66.4 Å². The summed E-state index contributed by atoms with van der Waals surface area (Å²) in [5, 5.41) is 9.56. The summed E-state index contributed by atoms with van der Waals surface area (Å²) in [4.78, 5) is 0.301. The van der Waals surface area contributed by atoms with Gasteiger partial charge in [-0.25, -0.2) is 13.1 Å². The molecule has 1 unspecified atom stereocenters. The standard InChI is InChI=1S/C14H21NO3S2/c1-2-12-6-5-11(10-16)8-14(12)20(17,18)15-9-13-4-3-7-19-13/h5-6,8,13,15-16H,2-4,7,9-10H2,1H3. The van der Waals surface area contributed by atoms with Gasteiger partial charge in [0.05, 0.1) is 11.5 Å². The lowest BCUT2D eigenvalue weighted by molar-refractivity contribution is 0.281. The van der Waals surface area contributed by atoms with E-state index >= 15 is 0 Å². The Morgan fingerprint density at radius 1 is 1.45 bits per heavy atom. The molecule has 1 aromatic carbocycles. The summed E-state index contributed by atoms with van der Waals surface area (Å²) < 4.78 is 27.6. The molecule has 0 radical (unpaired) electrons. The number of thioether (sulfide) groups is 1. The van der Waals surface area contributed by atoms with Crippen LogP contribution in [0.25, 0.3) is 0 Å². The molecule has 0 spiro atoms. The molecule has 1 aromatic rings. The minimum Gasteiger partial charge on any atom is -0.392 e. The van der Waals surface area contributed by atoms with Crippen LogP contribution in [0.15, 0.2) is 23.1 Å². The second kappa shape index (κ2) is 6.93. The van der Waals surface area contributed by atoms with Crippen molar-refractivity contribution in [3.8, 4) is 0 Å². The lowest BCUT2D eigenvalue weighted by Gasteiger charge is -2.14. The summed E-state index contributed by atoms with van der Waals surface area (Å²) in [6.45, 7) is 2.27. The van der Waals surface area contributed by atoms with Crippen LogP contribution in [-0.4, -0.2) is 31.1 Å². The highest BCUT2D eigenvalue weighted by Crippen LogP contribution is 2.26. The number of aliphatic hydroxyl groups excluding tert-OH is 1. The molecule has 0 saturated carbocycles. The molecular weight excluding hydrogens is 294 g/mol. The van der Waals surface area contributed by atoms with Crippen LogP contribution in [0.5, 0.6) is 0 Å². The van der Waals surface area contributed by atoms with Crippen LogP contribution in [0.3, 0.4) is 0 Å². The second-order valence-electron chi connectivity index (χ2n) is 4.94. The Bertz CT molecular complexity index is 552. The molecule has 2 rings (SSSR count). The zero-order valence-electron chi connectivity index (χ0n) is 11.6. The van der Waals surface area contributed by atoms with Crippen molar-refractivity contribution in [1.82, 2.24) is 4.72 Å². The average Bonchev–Trinajstić information content (AvgIpc) is 2.98. The first kappa shape index (κ1) is 15.8. The van der Waals surface area contributed by atoms with Crippen molar-refractivity contribution in [2.45, 2.75) is 42.9 Å². The van der Waals surface area contributed by atoms with Gasteiger partial charge in [0.25, 0.3) is 0 Å². The van der Waals surface area contributed by atoms with Gasteiger partial charge in [0.2, 0.25) is 10.0 Å². The van der Waals surface area contributed by atoms with E-state index in [1.807, 2.05) is 18.7 Å². The fourth-order valence-electron chi connectivity index (χ4n) is 2.33. The summed E-state index contributed by atoms with van der Waals surface area (Å²) in [5.41, 5.74) is 1.41. The smallest absolute Gasteiger partial charge is 0.240 e. The minimum absolute atomic E-state index is 0.148. The van der Waals surface area contributed by atoms with Crippen LogP contribution in [-0.2, 0) is 23.1 Å². The fourth-order valence-corrected chi connectivity index (χ4v) is 5.07. The number of aliphatic hydroxyl groups is 1. The van der Waals surface area contributed by atoms with Gasteiger partial charge in [-0.1, -0.05) is 19.1 Å². The van der Waals surface area contributed by atoms with Gasteiger partial charge in [-0.2, -0.15) is 11.8 Å². The molecule has 6 heteroatoms. The normalized spacial score (nSPS) is 19.4. The highest BCUT2D eigenvalue weighted by Gasteiger charge is 2.22. The van der Waals surface area contributed by atoms with Crippen molar-refractivity contribution in [2.75, 3.05) is 12.3 Å². The molecule has 112 valence electrons. The van der Waals surface area contributed by atoms with E-state index < -0.39 is 10.0 Å². The van der Waals surface area contributed by atoms with Crippen molar-refractivity contribution in [3.05, 3.63) is 29.3 Å². The molecule has 0 amide bonds. The number of nitrogens with one attached hydrogen (secondary N) is 1. The van der Waals surface area contributed by atoms with Crippen molar-refractivity contribution >= 4 is 21.8 Å². The lowest BCUT2D eigenvalue weighted by atomic mass is 10.1. The summed E-state index contributed by atoms with van der Waals surface area (Å²) in [6.07, 6.45) is 2.89. The van der Waals surface area contributed by atoms with Gasteiger partial charge < -0.3 is 5.11 Å². The maximum atomic E-state index is 12.4. The zero-order valence-corrected chi connectivity index (χ0v) is 13.3. The summed E-state index contributed by atoms with van der Waals surface area (Å²) >= 11 is 1.83. The first-order valence-electron chi connectivity index (χ1n) is 6.90. The van der Waals surface area contributed by atoms with E-state index in [2.05, 4.69) is 4.72 Å². The monoisotopic (exact) mass is 315 g/mol. The van der Waals surface area contributed by atoms with E-state index in [1.54, 1.807) is 18.2 Å². The van der Waals surface area contributed by atoms with Crippen LogP contribution in [0, 0.1) is 0 Å². The first-order chi connectivity index (χ1) is 9.56. The number of hydrogen-bond donors (Lipinski definition) is 2. The SMILES string of the molecule is CCc1ccc(CO)cc1S(=O)(=O)NCC1CCCS1. The van der Waals surface area contributed by atoms with E-state index in [0.717, 1.165) is 24.2 Å². The Kier molecular flexibility index (Phi) is 5.49. The molecule has 1 heterocycles. The third kappa shape index (κ3) is 3.75. The second-order valence-corrected chi connectivity index (χ2v) is 8.08. The van der Waals surface area contributed by atoms with E-state index in [1.165, 1.54) is 0 Å². The van der Waals surface area contributed by atoms with E-state index in [0.29, 0.717) is 28.7 Å². The molecule has 1 aliphatic heterocycles. The van der Waals surface area contributed by atoms with Crippen molar-refractivity contribution < 1.29 is 13.5 Å². The minimum atomic E-state index is -3.50. The lowest BCUT2D eigenvalue weighted by Crippen LogP contribution is -2.30. The van der Waals surface area contributed by atoms with E-state index in [4.69, 9.17) is 0 Å². The predicted octanol–water partition coefficient (Wildman–Crippen LogP) is 1.92. The Labute approximate surface area is 125 Å². The van der Waals surface area contributed by atoms with Gasteiger partial charge in [-0.3, -0.25) is 0 Å². The van der Waals surface area contributed by atoms with Crippen LogP contribution in [0.4, 0.5) is 0 Å². The Hall–Kier alpha value is -0.560. The van der Waals surface area contributed by atoms with Gasteiger partial charge in [-0.05, 0) is 42.2 Å². The summed E-state index contributed by atoms with van der Waals surface area (Å²) in [6, 6.07) is 5.12. The summed E-state index contributed by atoms with van der Waals surface area (Å²) in [7, 11) is -3.50. The number of aryl methyl sites for hydroxylation is 1. The third-order valence-corrected chi connectivity index (χ3v) is 6.41. The van der Waals surface area contributed by atoms with Crippen LogP contribution in [0.1, 0.15) is 30.9 Å². The third-order valence-electron chi connectivity index (χ3n) is 3.51. The quantitative estimate of drug-likeness (QED) is 0.841. The molecule has 2 N–H and O–H groups in total. The van der Waals surface area contributed by atoms with E-state index in [9.17, 15) is 13.5 Å². The number of benzene rings is 1. The average molecular weight is 315 g/mol. The highest BCUT2D eigenvalue weighted by atomic mass is 32.2. The molecule has 20 heavy (non-hydrogen) atoms. The van der Waals surface area contributed by atoms with Gasteiger partial charge in [0.1, 0.15) is 0 Å². The number of hydrogen-bond acceptors (Lipinski definition) is 4. The predicted molar refractivity (Wildman–Crippen MR) is 82.4 cm³/mol. The van der Waals surface area contributed by atoms with E-state index in [-0.39, 0.29) is 6.61 Å². The molecule has 0 bridgehead atoms. The number of sulfonamides is 1. The van der Waals surface area contributed by atoms with Crippen LogP contribution >= 0.6 is 11.8 Å². The largest absolute Gasteiger partial charge is 0.392 e. The molecule has 1 atom stereocenters.